The van der Waals surface area contributed by atoms with Crippen molar-refractivity contribution < 1.29 is 24.2 Å². The molecule has 2 heterocycles. The van der Waals surface area contributed by atoms with E-state index in [0.29, 0.717) is 30.2 Å². The van der Waals surface area contributed by atoms with Crippen molar-refractivity contribution in [2.75, 3.05) is 34.0 Å². The van der Waals surface area contributed by atoms with Crippen LogP contribution in [0.5, 0.6) is 11.5 Å². The Bertz CT molecular complexity index is 1040. The smallest absolute Gasteiger partial charge is 0.295 e. The number of Topliss-reactive ketones (excluding diaryl/α,β-unsaturated/α-hetero) is 1. The van der Waals surface area contributed by atoms with Gasteiger partial charge in [-0.2, -0.15) is 0 Å². The Labute approximate surface area is 175 Å². The van der Waals surface area contributed by atoms with Crippen LogP contribution < -0.4 is 9.47 Å². The van der Waals surface area contributed by atoms with E-state index in [1.165, 1.54) is 4.90 Å². The van der Waals surface area contributed by atoms with Gasteiger partial charge in [0.05, 0.1) is 11.6 Å². The molecule has 1 N–H and O–H groups in total. The molecule has 2 aliphatic heterocycles. The summed E-state index contributed by atoms with van der Waals surface area (Å²) in [5, 5.41) is 11.1. The molecule has 1 atom stereocenters. The van der Waals surface area contributed by atoms with E-state index in [4.69, 9.17) is 9.47 Å². The van der Waals surface area contributed by atoms with Crippen molar-refractivity contribution in [3.05, 3.63) is 64.7 Å². The van der Waals surface area contributed by atoms with Gasteiger partial charge in [-0.15, -0.1) is 0 Å². The number of aryl methyl sites for hydroxylation is 1. The third-order valence-electron chi connectivity index (χ3n) is 5.33. The summed E-state index contributed by atoms with van der Waals surface area (Å²) < 4.78 is 10.7. The molecular formula is C23H24N2O5. The summed E-state index contributed by atoms with van der Waals surface area (Å²) in [7, 11) is 3.82. The summed E-state index contributed by atoms with van der Waals surface area (Å²) >= 11 is 0. The molecule has 7 nitrogen and oxygen atoms in total. The number of nitrogens with zero attached hydrogens (tertiary/aromatic N) is 2. The highest BCUT2D eigenvalue weighted by molar-refractivity contribution is 6.46. The Balaban J connectivity index is 1.83. The molecule has 30 heavy (non-hydrogen) atoms. The van der Waals surface area contributed by atoms with Gasteiger partial charge in [-0.05, 0) is 44.8 Å². The van der Waals surface area contributed by atoms with Gasteiger partial charge in [-0.25, -0.2) is 0 Å². The normalized spacial score (nSPS) is 19.7. The van der Waals surface area contributed by atoms with Gasteiger partial charge in [0, 0.05) is 18.7 Å². The fraction of sp³-hybridized carbons (Fsp3) is 0.304. The number of benzene rings is 2. The number of amides is 1. The van der Waals surface area contributed by atoms with E-state index in [-0.39, 0.29) is 18.1 Å². The number of likely N-dealkylation sites (tertiary alicyclic amines) is 1. The van der Waals surface area contributed by atoms with Crippen molar-refractivity contribution in [1.82, 2.24) is 9.80 Å². The molecular weight excluding hydrogens is 384 g/mol. The lowest BCUT2D eigenvalue weighted by Crippen LogP contribution is -2.35. The molecule has 2 aliphatic rings. The van der Waals surface area contributed by atoms with Crippen LogP contribution >= 0.6 is 0 Å². The standard InChI is InChI=1S/C23H24N2O5/c1-14-5-4-6-15(11-14)20-19(22(27)23(28)25(20)10-9-24(2)3)21(26)16-7-8-17-18(12-16)30-13-29-17/h4-8,11-12,20,26H,9-10,13H2,1-3H3/b21-19-. The van der Waals surface area contributed by atoms with Gasteiger partial charge in [-0.1, -0.05) is 29.8 Å². The Morgan fingerprint density at radius 3 is 2.63 bits per heavy atom. The number of hydrogen-bond donors (Lipinski definition) is 1. The number of aliphatic hydroxyl groups is 1. The molecule has 1 fully saturated rings. The first-order chi connectivity index (χ1) is 14.4. The molecule has 0 bridgehead atoms. The van der Waals surface area contributed by atoms with Gasteiger partial charge in [0.1, 0.15) is 5.76 Å². The summed E-state index contributed by atoms with van der Waals surface area (Å²) in [4.78, 5) is 29.4. The fourth-order valence-electron chi connectivity index (χ4n) is 3.80. The summed E-state index contributed by atoms with van der Waals surface area (Å²) in [6.45, 7) is 3.03. The molecule has 4 rings (SSSR count). The average molecular weight is 408 g/mol. The molecule has 2 aromatic carbocycles. The lowest BCUT2D eigenvalue weighted by molar-refractivity contribution is -0.140. The molecule has 0 radical (unpaired) electrons. The highest BCUT2D eigenvalue weighted by Crippen LogP contribution is 2.41. The van der Waals surface area contributed by atoms with Crippen molar-refractivity contribution >= 4 is 17.4 Å². The zero-order valence-electron chi connectivity index (χ0n) is 17.2. The van der Waals surface area contributed by atoms with Crippen molar-refractivity contribution in [1.29, 1.82) is 0 Å². The van der Waals surface area contributed by atoms with E-state index in [1.807, 2.05) is 50.2 Å². The van der Waals surface area contributed by atoms with Crippen LogP contribution in [0, 0.1) is 6.92 Å². The Kier molecular flexibility index (Phi) is 5.22. The van der Waals surface area contributed by atoms with Crippen LogP contribution in [0.1, 0.15) is 22.7 Å². The Morgan fingerprint density at radius 1 is 1.13 bits per heavy atom. The lowest BCUT2D eigenvalue weighted by Gasteiger charge is -2.26. The summed E-state index contributed by atoms with van der Waals surface area (Å²) in [5.74, 6) is -0.437. The second-order valence-corrected chi connectivity index (χ2v) is 7.78. The second kappa shape index (κ2) is 7.84. The minimum atomic E-state index is -0.685. The minimum absolute atomic E-state index is 0.0863. The summed E-state index contributed by atoms with van der Waals surface area (Å²) in [5.41, 5.74) is 2.29. The Morgan fingerprint density at radius 2 is 1.90 bits per heavy atom. The number of fused-ring (bicyclic) bond motifs is 1. The largest absolute Gasteiger partial charge is 0.507 e. The topological polar surface area (TPSA) is 79.3 Å². The lowest BCUT2D eigenvalue weighted by atomic mass is 9.94. The monoisotopic (exact) mass is 408 g/mol. The van der Waals surface area contributed by atoms with E-state index in [0.717, 1.165) is 11.1 Å². The van der Waals surface area contributed by atoms with E-state index in [2.05, 4.69) is 0 Å². The molecule has 1 amide bonds. The quantitative estimate of drug-likeness (QED) is 0.466. The first kappa shape index (κ1) is 20.0. The van der Waals surface area contributed by atoms with Crippen molar-refractivity contribution in [2.24, 2.45) is 0 Å². The van der Waals surface area contributed by atoms with Crippen LogP contribution in [0.25, 0.3) is 5.76 Å². The number of carbonyl (C=O) groups is 2. The minimum Gasteiger partial charge on any atom is -0.507 e. The van der Waals surface area contributed by atoms with E-state index in [1.54, 1.807) is 18.2 Å². The van der Waals surface area contributed by atoms with Crippen LogP contribution in [-0.4, -0.2) is 60.6 Å². The van der Waals surface area contributed by atoms with Crippen molar-refractivity contribution in [3.8, 4) is 11.5 Å². The maximum Gasteiger partial charge on any atom is 0.295 e. The third kappa shape index (κ3) is 3.52. The number of aliphatic hydroxyl groups excluding tert-OH is 1. The number of likely N-dealkylation sites (N-methyl/N-ethyl adjacent to an activating group) is 1. The van der Waals surface area contributed by atoms with Gasteiger partial charge in [-0.3, -0.25) is 9.59 Å². The highest BCUT2D eigenvalue weighted by Gasteiger charge is 2.46. The number of ketones is 1. The second-order valence-electron chi connectivity index (χ2n) is 7.78. The van der Waals surface area contributed by atoms with Gasteiger partial charge in [0.15, 0.2) is 11.5 Å². The molecule has 0 saturated carbocycles. The van der Waals surface area contributed by atoms with Crippen LogP contribution in [0.15, 0.2) is 48.0 Å². The van der Waals surface area contributed by atoms with Crippen molar-refractivity contribution in [2.45, 2.75) is 13.0 Å². The van der Waals surface area contributed by atoms with Crippen LogP contribution in [0.2, 0.25) is 0 Å². The zero-order valence-corrected chi connectivity index (χ0v) is 17.2. The summed E-state index contributed by atoms with van der Waals surface area (Å²) in [6.07, 6.45) is 0. The average Bonchev–Trinajstić information content (AvgIpc) is 3.28. The van der Waals surface area contributed by atoms with Gasteiger partial charge in [0.25, 0.3) is 11.7 Å². The molecule has 1 saturated heterocycles. The van der Waals surface area contributed by atoms with Crippen LogP contribution in [-0.2, 0) is 9.59 Å². The molecule has 0 spiro atoms. The predicted octanol–water partition coefficient (Wildman–Crippen LogP) is 2.71. The molecule has 2 aromatic rings. The fourth-order valence-corrected chi connectivity index (χ4v) is 3.80. The van der Waals surface area contributed by atoms with Crippen LogP contribution in [0.3, 0.4) is 0 Å². The SMILES string of the molecule is Cc1cccc(C2/C(=C(/O)c3ccc4c(c3)OCO4)C(=O)C(=O)N2CCN(C)C)c1. The maximum absolute atomic E-state index is 13.0. The third-order valence-corrected chi connectivity index (χ3v) is 5.33. The molecule has 7 heteroatoms. The van der Waals surface area contributed by atoms with Gasteiger partial charge >= 0.3 is 0 Å². The molecule has 0 aliphatic carbocycles. The first-order valence-electron chi connectivity index (χ1n) is 9.76. The predicted molar refractivity (Wildman–Crippen MR) is 111 cm³/mol. The first-order valence-corrected chi connectivity index (χ1v) is 9.76. The van der Waals surface area contributed by atoms with Gasteiger partial charge < -0.3 is 24.4 Å². The molecule has 0 aromatic heterocycles. The van der Waals surface area contributed by atoms with Crippen LogP contribution in [0.4, 0.5) is 0 Å². The number of rotatable bonds is 5. The van der Waals surface area contributed by atoms with Gasteiger partial charge in [0.2, 0.25) is 6.79 Å². The zero-order chi connectivity index (χ0) is 21.4. The van der Waals surface area contributed by atoms with Crippen molar-refractivity contribution in [3.63, 3.8) is 0 Å². The maximum atomic E-state index is 13.0. The Hall–Kier alpha value is -3.32. The molecule has 1 unspecified atom stereocenters. The van der Waals surface area contributed by atoms with E-state index in [9.17, 15) is 14.7 Å². The number of ether oxygens (including phenoxy) is 2. The summed E-state index contributed by atoms with van der Waals surface area (Å²) in [6, 6.07) is 12.0. The molecule has 156 valence electrons. The highest BCUT2D eigenvalue weighted by atomic mass is 16.7. The number of carbonyl (C=O) groups excluding carboxylic acids is 2. The van der Waals surface area contributed by atoms with E-state index < -0.39 is 17.7 Å². The van der Waals surface area contributed by atoms with E-state index >= 15 is 0 Å². The number of hydrogen-bond acceptors (Lipinski definition) is 6.